The number of hydrogen-bond donors (Lipinski definition) is 0. The third-order valence-electron chi connectivity index (χ3n) is 5.55. The summed E-state index contributed by atoms with van der Waals surface area (Å²) in [5, 5.41) is 0.401. The van der Waals surface area contributed by atoms with Gasteiger partial charge in [0.25, 0.3) is 0 Å². The topological polar surface area (TPSA) is 0 Å². The van der Waals surface area contributed by atoms with Crippen LogP contribution in [0.2, 0.25) is 0 Å². The summed E-state index contributed by atoms with van der Waals surface area (Å²) in [5.74, 6) is 1.40. The highest BCUT2D eigenvalue weighted by atomic mass is 35.5. The van der Waals surface area contributed by atoms with Crippen molar-refractivity contribution < 1.29 is 0 Å². The molecule has 0 N–H and O–H groups in total. The Morgan fingerprint density at radius 3 is 2.27 bits per heavy atom. The SMILES string of the molecule is C/C=C\CCCC.CCCCCC(C)c1ccc(C2CCC(Cl)C2)cc1. The third kappa shape index (κ3) is 9.26. The second-order valence-electron chi connectivity index (χ2n) is 7.88. The molecule has 148 valence electrons. The van der Waals surface area contributed by atoms with Gasteiger partial charge in [0, 0.05) is 5.38 Å². The van der Waals surface area contributed by atoms with Gasteiger partial charge in [-0.25, -0.2) is 0 Å². The number of unbranched alkanes of at least 4 members (excludes halogenated alkanes) is 4. The van der Waals surface area contributed by atoms with Crippen LogP contribution >= 0.6 is 11.6 Å². The van der Waals surface area contributed by atoms with Gasteiger partial charge in [0.2, 0.25) is 0 Å². The predicted molar refractivity (Wildman–Crippen MR) is 120 cm³/mol. The highest BCUT2D eigenvalue weighted by Crippen LogP contribution is 2.37. The fourth-order valence-corrected chi connectivity index (χ4v) is 4.02. The minimum atomic E-state index is 0.401. The van der Waals surface area contributed by atoms with Crippen molar-refractivity contribution >= 4 is 11.6 Å². The van der Waals surface area contributed by atoms with Crippen molar-refractivity contribution in [3.8, 4) is 0 Å². The van der Waals surface area contributed by atoms with Gasteiger partial charge in [0.1, 0.15) is 0 Å². The molecule has 26 heavy (non-hydrogen) atoms. The fourth-order valence-electron chi connectivity index (χ4n) is 3.68. The van der Waals surface area contributed by atoms with E-state index in [0.717, 1.165) is 6.42 Å². The Hall–Kier alpha value is -0.750. The van der Waals surface area contributed by atoms with Crippen LogP contribution < -0.4 is 0 Å². The summed E-state index contributed by atoms with van der Waals surface area (Å²) in [7, 11) is 0. The summed E-state index contributed by atoms with van der Waals surface area (Å²) in [4.78, 5) is 0. The number of halogens is 1. The van der Waals surface area contributed by atoms with E-state index in [1.54, 1.807) is 0 Å². The normalized spacial score (nSPS) is 20.8. The average Bonchev–Trinajstić information content (AvgIpc) is 3.09. The molecule has 0 bridgehead atoms. The number of rotatable bonds is 9. The molecule has 0 aliphatic heterocycles. The van der Waals surface area contributed by atoms with E-state index < -0.39 is 0 Å². The molecule has 0 spiro atoms. The monoisotopic (exact) mass is 376 g/mol. The number of alkyl halides is 1. The van der Waals surface area contributed by atoms with E-state index in [9.17, 15) is 0 Å². The highest BCUT2D eigenvalue weighted by Gasteiger charge is 2.24. The van der Waals surface area contributed by atoms with E-state index >= 15 is 0 Å². The molecule has 0 radical (unpaired) electrons. The molecule has 1 fully saturated rings. The van der Waals surface area contributed by atoms with Crippen molar-refractivity contribution in [3.63, 3.8) is 0 Å². The van der Waals surface area contributed by atoms with Crippen LogP contribution in [0, 0.1) is 0 Å². The van der Waals surface area contributed by atoms with E-state index in [1.807, 2.05) is 0 Å². The molecule has 1 aromatic rings. The summed E-state index contributed by atoms with van der Waals surface area (Å²) in [5.41, 5.74) is 2.99. The Kier molecular flexibility index (Phi) is 12.8. The van der Waals surface area contributed by atoms with Crippen LogP contribution in [0.4, 0.5) is 0 Å². The smallest absolute Gasteiger partial charge is 0.0342 e. The summed E-state index contributed by atoms with van der Waals surface area (Å²) in [6.45, 7) is 8.90. The quantitative estimate of drug-likeness (QED) is 0.229. The first-order chi connectivity index (χ1) is 12.6. The number of allylic oxidation sites excluding steroid dienone is 2. The Balaban J connectivity index is 0.000000412. The standard InChI is InChI=1S/C18H27Cl.C7H14/c1-3-4-5-6-14(2)15-7-9-16(10-8-15)17-11-12-18(19)13-17;1-3-5-7-6-4-2/h7-10,14,17-18H,3-6,11-13H2,1-2H3;3,5H,4,6-7H2,1-2H3/b;5-3-. The zero-order valence-electron chi connectivity index (χ0n) is 17.6. The van der Waals surface area contributed by atoms with Crippen LogP contribution in [0.15, 0.2) is 36.4 Å². The molecular formula is C25H41Cl. The van der Waals surface area contributed by atoms with Crippen LogP contribution in [0.3, 0.4) is 0 Å². The summed E-state index contributed by atoms with van der Waals surface area (Å²) in [6, 6.07) is 9.36. The lowest BCUT2D eigenvalue weighted by molar-refractivity contribution is 0.597. The number of hydrogen-bond acceptors (Lipinski definition) is 0. The maximum atomic E-state index is 6.21. The maximum Gasteiger partial charge on any atom is 0.0342 e. The molecule has 0 aromatic heterocycles. The first-order valence-corrected chi connectivity index (χ1v) is 11.4. The van der Waals surface area contributed by atoms with Crippen LogP contribution in [0.25, 0.3) is 0 Å². The van der Waals surface area contributed by atoms with Gasteiger partial charge in [-0.05, 0) is 62.0 Å². The fraction of sp³-hybridized carbons (Fsp3) is 0.680. The molecule has 0 saturated heterocycles. The molecule has 1 heteroatoms. The molecular weight excluding hydrogens is 336 g/mol. The first-order valence-electron chi connectivity index (χ1n) is 11.0. The summed E-state index contributed by atoms with van der Waals surface area (Å²) < 4.78 is 0. The van der Waals surface area contributed by atoms with Crippen molar-refractivity contribution in [2.24, 2.45) is 0 Å². The van der Waals surface area contributed by atoms with Crippen molar-refractivity contribution in [2.75, 3.05) is 0 Å². The molecule has 1 saturated carbocycles. The van der Waals surface area contributed by atoms with E-state index in [1.165, 1.54) is 68.9 Å². The second-order valence-corrected chi connectivity index (χ2v) is 8.50. The van der Waals surface area contributed by atoms with E-state index in [4.69, 9.17) is 11.6 Å². The van der Waals surface area contributed by atoms with Crippen molar-refractivity contribution in [2.45, 2.75) is 109 Å². The minimum Gasteiger partial charge on any atom is -0.123 e. The molecule has 1 aromatic carbocycles. The van der Waals surface area contributed by atoms with Crippen molar-refractivity contribution in [1.82, 2.24) is 0 Å². The zero-order chi connectivity index (χ0) is 19.2. The van der Waals surface area contributed by atoms with E-state index in [2.05, 4.69) is 64.1 Å². The van der Waals surface area contributed by atoms with Crippen LogP contribution in [0.1, 0.15) is 115 Å². The molecule has 1 aliphatic rings. The molecule has 0 nitrogen and oxygen atoms in total. The summed E-state index contributed by atoms with van der Waals surface area (Å²) in [6.07, 6.45) is 17.2. The van der Waals surface area contributed by atoms with Crippen molar-refractivity contribution in [3.05, 3.63) is 47.5 Å². The molecule has 3 unspecified atom stereocenters. The van der Waals surface area contributed by atoms with Gasteiger partial charge in [0.05, 0.1) is 0 Å². The van der Waals surface area contributed by atoms with Gasteiger partial charge < -0.3 is 0 Å². The highest BCUT2D eigenvalue weighted by molar-refractivity contribution is 6.20. The Morgan fingerprint density at radius 2 is 1.73 bits per heavy atom. The van der Waals surface area contributed by atoms with Gasteiger partial charge in [-0.2, -0.15) is 0 Å². The van der Waals surface area contributed by atoms with Gasteiger partial charge in [-0.3, -0.25) is 0 Å². The Bertz CT molecular complexity index is 473. The first kappa shape index (κ1) is 23.3. The minimum absolute atomic E-state index is 0.401. The van der Waals surface area contributed by atoms with Crippen LogP contribution in [-0.4, -0.2) is 5.38 Å². The third-order valence-corrected chi connectivity index (χ3v) is 5.94. The lowest BCUT2D eigenvalue weighted by Crippen LogP contribution is -1.97. The zero-order valence-corrected chi connectivity index (χ0v) is 18.4. The average molecular weight is 377 g/mol. The molecule has 0 heterocycles. The lowest BCUT2D eigenvalue weighted by Gasteiger charge is -2.14. The van der Waals surface area contributed by atoms with Crippen molar-refractivity contribution in [1.29, 1.82) is 0 Å². The Labute approximate surface area is 168 Å². The largest absolute Gasteiger partial charge is 0.123 e. The molecule has 1 aliphatic carbocycles. The summed E-state index contributed by atoms with van der Waals surface area (Å²) >= 11 is 6.21. The molecule has 0 amide bonds. The lowest BCUT2D eigenvalue weighted by atomic mass is 9.91. The van der Waals surface area contributed by atoms with E-state index in [-0.39, 0.29) is 0 Å². The van der Waals surface area contributed by atoms with Gasteiger partial charge in [-0.1, -0.05) is 89.3 Å². The van der Waals surface area contributed by atoms with Gasteiger partial charge in [-0.15, -0.1) is 11.6 Å². The predicted octanol–water partition coefficient (Wildman–Crippen LogP) is 9.00. The van der Waals surface area contributed by atoms with E-state index in [0.29, 0.717) is 17.2 Å². The van der Waals surface area contributed by atoms with Gasteiger partial charge >= 0.3 is 0 Å². The van der Waals surface area contributed by atoms with Crippen LogP contribution in [-0.2, 0) is 0 Å². The maximum absolute atomic E-state index is 6.21. The molecule has 2 rings (SSSR count). The number of benzene rings is 1. The van der Waals surface area contributed by atoms with Gasteiger partial charge in [0.15, 0.2) is 0 Å². The Morgan fingerprint density at radius 1 is 1.04 bits per heavy atom. The van der Waals surface area contributed by atoms with Crippen LogP contribution in [0.5, 0.6) is 0 Å². The molecule has 3 atom stereocenters. The second kappa shape index (κ2) is 14.3.